The molecule has 2 N–H and O–H groups in total. The Balaban J connectivity index is 2.34. The van der Waals surface area contributed by atoms with Gasteiger partial charge in [-0.05, 0) is 37.1 Å². The quantitative estimate of drug-likeness (QED) is 0.751. The standard InChI is InChI=1S/C15H23NO4/c1-11-6-12(2)8-14(7-11)20-5-4-15(18)16-13(9-17)10-19-3/h6-8,13,17H,4-5,9-10H2,1-3H3,(H,16,18). The molecule has 5 heteroatoms. The molecule has 0 aromatic heterocycles. The number of hydrogen-bond donors (Lipinski definition) is 2. The van der Waals surface area contributed by atoms with Gasteiger partial charge in [0.05, 0.1) is 32.3 Å². The molecule has 20 heavy (non-hydrogen) atoms. The fourth-order valence-electron chi connectivity index (χ4n) is 1.92. The van der Waals surface area contributed by atoms with Crippen LogP contribution < -0.4 is 10.1 Å². The zero-order valence-corrected chi connectivity index (χ0v) is 12.3. The van der Waals surface area contributed by atoms with E-state index in [1.807, 2.05) is 26.0 Å². The summed E-state index contributed by atoms with van der Waals surface area (Å²) in [6.07, 6.45) is 0.243. The van der Waals surface area contributed by atoms with Crippen molar-refractivity contribution in [2.24, 2.45) is 0 Å². The van der Waals surface area contributed by atoms with Crippen molar-refractivity contribution in [1.29, 1.82) is 0 Å². The highest BCUT2D eigenvalue weighted by Crippen LogP contribution is 2.16. The Morgan fingerprint density at radius 2 is 1.95 bits per heavy atom. The van der Waals surface area contributed by atoms with Crippen LogP contribution in [-0.2, 0) is 9.53 Å². The van der Waals surface area contributed by atoms with E-state index in [0.29, 0.717) is 13.2 Å². The van der Waals surface area contributed by atoms with Crippen molar-refractivity contribution in [3.8, 4) is 5.75 Å². The molecule has 0 radical (unpaired) electrons. The molecule has 1 atom stereocenters. The first-order valence-corrected chi connectivity index (χ1v) is 6.65. The number of rotatable bonds is 8. The second kappa shape index (κ2) is 8.55. The van der Waals surface area contributed by atoms with E-state index in [9.17, 15) is 4.79 Å². The molecule has 0 spiro atoms. The van der Waals surface area contributed by atoms with E-state index in [2.05, 4.69) is 11.4 Å². The summed E-state index contributed by atoms with van der Waals surface area (Å²) in [5.74, 6) is 0.608. The molecular weight excluding hydrogens is 258 g/mol. The Morgan fingerprint density at radius 3 is 2.50 bits per heavy atom. The van der Waals surface area contributed by atoms with Crippen molar-refractivity contribution in [2.75, 3.05) is 26.9 Å². The fraction of sp³-hybridized carbons (Fsp3) is 0.533. The highest BCUT2D eigenvalue weighted by Gasteiger charge is 2.10. The maximum atomic E-state index is 11.7. The summed E-state index contributed by atoms with van der Waals surface area (Å²) >= 11 is 0. The van der Waals surface area contributed by atoms with E-state index < -0.39 is 0 Å². The summed E-state index contributed by atoms with van der Waals surface area (Å²) in [6.45, 7) is 4.46. The summed E-state index contributed by atoms with van der Waals surface area (Å²) in [5.41, 5.74) is 2.26. The second-order valence-electron chi connectivity index (χ2n) is 4.82. The van der Waals surface area contributed by atoms with E-state index in [-0.39, 0.29) is 25.0 Å². The normalized spacial score (nSPS) is 12.0. The van der Waals surface area contributed by atoms with Crippen LogP contribution in [0.4, 0.5) is 0 Å². The van der Waals surface area contributed by atoms with Crippen LogP contribution in [0.15, 0.2) is 18.2 Å². The summed E-state index contributed by atoms with van der Waals surface area (Å²) < 4.78 is 10.4. The van der Waals surface area contributed by atoms with Gasteiger partial charge >= 0.3 is 0 Å². The van der Waals surface area contributed by atoms with Crippen molar-refractivity contribution < 1.29 is 19.4 Å². The first kappa shape index (κ1) is 16.5. The van der Waals surface area contributed by atoms with Gasteiger partial charge in [-0.25, -0.2) is 0 Å². The summed E-state index contributed by atoms with van der Waals surface area (Å²) in [5, 5.41) is 11.7. The molecular formula is C15H23NO4. The van der Waals surface area contributed by atoms with Crippen LogP contribution in [0, 0.1) is 13.8 Å². The lowest BCUT2D eigenvalue weighted by molar-refractivity contribution is -0.123. The maximum Gasteiger partial charge on any atom is 0.223 e. The number of aliphatic hydroxyl groups is 1. The van der Waals surface area contributed by atoms with E-state index in [0.717, 1.165) is 16.9 Å². The molecule has 0 aliphatic rings. The van der Waals surface area contributed by atoms with Gasteiger partial charge in [-0.2, -0.15) is 0 Å². The Morgan fingerprint density at radius 1 is 1.30 bits per heavy atom. The van der Waals surface area contributed by atoms with Crippen molar-refractivity contribution in [3.63, 3.8) is 0 Å². The van der Waals surface area contributed by atoms with Crippen molar-refractivity contribution in [3.05, 3.63) is 29.3 Å². The molecule has 1 rings (SSSR count). The number of amides is 1. The third-order valence-electron chi connectivity index (χ3n) is 2.75. The highest BCUT2D eigenvalue weighted by atomic mass is 16.5. The van der Waals surface area contributed by atoms with Gasteiger partial charge in [-0.1, -0.05) is 6.07 Å². The van der Waals surface area contributed by atoms with Crippen LogP contribution >= 0.6 is 0 Å². The van der Waals surface area contributed by atoms with E-state index in [1.54, 1.807) is 0 Å². The molecule has 1 amide bonds. The van der Waals surface area contributed by atoms with E-state index >= 15 is 0 Å². The molecule has 112 valence electrons. The van der Waals surface area contributed by atoms with Gasteiger partial charge in [-0.15, -0.1) is 0 Å². The number of benzene rings is 1. The lowest BCUT2D eigenvalue weighted by Crippen LogP contribution is -2.41. The van der Waals surface area contributed by atoms with Crippen LogP contribution in [0.1, 0.15) is 17.5 Å². The van der Waals surface area contributed by atoms with Gasteiger partial charge < -0.3 is 19.9 Å². The molecule has 0 fully saturated rings. The minimum Gasteiger partial charge on any atom is -0.493 e. The minimum absolute atomic E-state index is 0.141. The molecule has 0 aliphatic carbocycles. The number of nitrogens with one attached hydrogen (secondary N) is 1. The number of aliphatic hydroxyl groups excluding tert-OH is 1. The summed E-state index contributed by atoms with van der Waals surface area (Å²) in [7, 11) is 1.53. The third-order valence-corrected chi connectivity index (χ3v) is 2.75. The molecule has 5 nitrogen and oxygen atoms in total. The Kier molecular flexibility index (Phi) is 7.04. The molecule has 0 bridgehead atoms. The first-order chi connectivity index (χ1) is 9.55. The number of hydrogen-bond acceptors (Lipinski definition) is 4. The Labute approximate surface area is 119 Å². The van der Waals surface area contributed by atoms with E-state index in [4.69, 9.17) is 14.6 Å². The molecule has 1 aromatic carbocycles. The lowest BCUT2D eigenvalue weighted by Gasteiger charge is -2.15. The average Bonchev–Trinajstić information content (AvgIpc) is 2.37. The maximum absolute atomic E-state index is 11.7. The summed E-state index contributed by atoms with van der Waals surface area (Å²) in [4.78, 5) is 11.7. The van der Waals surface area contributed by atoms with Crippen LogP contribution in [0.2, 0.25) is 0 Å². The van der Waals surface area contributed by atoms with Crippen molar-refractivity contribution >= 4 is 5.91 Å². The van der Waals surface area contributed by atoms with Crippen molar-refractivity contribution in [1.82, 2.24) is 5.32 Å². The van der Waals surface area contributed by atoms with Gasteiger partial charge in [0.2, 0.25) is 5.91 Å². The van der Waals surface area contributed by atoms with Crippen molar-refractivity contribution in [2.45, 2.75) is 26.3 Å². The van der Waals surface area contributed by atoms with Crippen LogP contribution in [0.5, 0.6) is 5.75 Å². The van der Waals surface area contributed by atoms with Gasteiger partial charge in [0, 0.05) is 7.11 Å². The predicted molar refractivity (Wildman–Crippen MR) is 76.9 cm³/mol. The Bertz CT molecular complexity index is 414. The van der Waals surface area contributed by atoms with Gasteiger partial charge in [0.1, 0.15) is 5.75 Å². The fourth-order valence-corrected chi connectivity index (χ4v) is 1.92. The van der Waals surface area contributed by atoms with E-state index in [1.165, 1.54) is 7.11 Å². The predicted octanol–water partition coefficient (Wildman–Crippen LogP) is 1.20. The van der Waals surface area contributed by atoms with Crippen LogP contribution in [0.3, 0.4) is 0 Å². The second-order valence-corrected chi connectivity index (χ2v) is 4.82. The monoisotopic (exact) mass is 281 g/mol. The molecule has 1 aromatic rings. The van der Waals surface area contributed by atoms with Crippen LogP contribution in [0.25, 0.3) is 0 Å². The van der Waals surface area contributed by atoms with Gasteiger partial charge in [0.25, 0.3) is 0 Å². The van der Waals surface area contributed by atoms with Crippen LogP contribution in [-0.4, -0.2) is 44.0 Å². The topological polar surface area (TPSA) is 67.8 Å². The lowest BCUT2D eigenvalue weighted by atomic mass is 10.1. The number of ether oxygens (including phenoxy) is 2. The average molecular weight is 281 g/mol. The third kappa shape index (κ3) is 6.04. The number of methoxy groups -OCH3 is 1. The van der Waals surface area contributed by atoms with Gasteiger partial charge in [0.15, 0.2) is 0 Å². The highest BCUT2D eigenvalue weighted by molar-refractivity contribution is 5.76. The zero-order chi connectivity index (χ0) is 15.0. The molecule has 0 aliphatic heterocycles. The molecule has 0 saturated carbocycles. The molecule has 0 heterocycles. The summed E-state index contributed by atoms with van der Waals surface area (Å²) in [6, 6.07) is 5.57. The number of carbonyl (C=O) groups excluding carboxylic acids is 1. The first-order valence-electron chi connectivity index (χ1n) is 6.65. The molecule has 1 unspecified atom stereocenters. The minimum atomic E-state index is -0.367. The smallest absolute Gasteiger partial charge is 0.223 e. The largest absolute Gasteiger partial charge is 0.493 e. The Hall–Kier alpha value is -1.59. The number of carbonyl (C=O) groups is 1. The molecule has 0 saturated heterocycles. The zero-order valence-electron chi connectivity index (χ0n) is 12.3. The number of aryl methyl sites for hydroxylation is 2. The van der Waals surface area contributed by atoms with Gasteiger partial charge in [-0.3, -0.25) is 4.79 Å². The SMILES string of the molecule is COCC(CO)NC(=O)CCOc1cc(C)cc(C)c1.